The maximum atomic E-state index is 10.8. The van der Waals surface area contributed by atoms with Gasteiger partial charge in [0.15, 0.2) is 5.92 Å². The van der Waals surface area contributed by atoms with Crippen molar-refractivity contribution in [2.45, 2.75) is 110 Å². The van der Waals surface area contributed by atoms with Crippen LogP contribution in [-0.4, -0.2) is 22.2 Å². The van der Waals surface area contributed by atoms with Crippen molar-refractivity contribution in [3.8, 4) is 0 Å². The van der Waals surface area contributed by atoms with Crippen LogP contribution in [0, 0.1) is 11.8 Å². The first kappa shape index (κ1) is 23.9. The van der Waals surface area contributed by atoms with Gasteiger partial charge in [0, 0.05) is 0 Å². The minimum atomic E-state index is -1.23. The normalized spacial score (nSPS) is 11.4. The summed E-state index contributed by atoms with van der Waals surface area (Å²) >= 11 is 0. The Kier molecular flexibility index (Phi) is 15.7. The Morgan fingerprint density at radius 2 is 0.840 bits per heavy atom. The van der Waals surface area contributed by atoms with Crippen LogP contribution in [0.5, 0.6) is 0 Å². The number of hydrogen-bond donors (Lipinski definition) is 2. The number of carboxylic acids is 2. The fourth-order valence-corrected chi connectivity index (χ4v) is 3.20. The predicted octanol–water partition coefficient (Wildman–Crippen LogP) is 6.28. The molecule has 0 unspecified atom stereocenters. The molecule has 0 radical (unpaired) electrons. The number of hydrogen-bond acceptors (Lipinski definition) is 2. The third-order valence-corrected chi connectivity index (χ3v) is 4.87. The van der Waals surface area contributed by atoms with Crippen LogP contribution in [0.2, 0.25) is 0 Å². The van der Waals surface area contributed by atoms with Crippen LogP contribution in [0.15, 0.2) is 0 Å². The highest BCUT2D eigenvalue weighted by Gasteiger charge is 2.24. The van der Waals surface area contributed by atoms with E-state index in [1.165, 1.54) is 70.6 Å². The molecule has 0 amide bonds. The lowest BCUT2D eigenvalue weighted by Crippen LogP contribution is -2.23. The van der Waals surface area contributed by atoms with Gasteiger partial charge in [0.05, 0.1) is 0 Å². The average molecular weight is 357 g/mol. The summed E-state index contributed by atoms with van der Waals surface area (Å²) in [5, 5.41) is 17.6. The highest BCUT2D eigenvalue weighted by Crippen LogP contribution is 2.16. The van der Waals surface area contributed by atoms with Crippen molar-refractivity contribution in [3.05, 3.63) is 0 Å². The zero-order chi connectivity index (χ0) is 18.9. The Morgan fingerprint density at radius 1 is 0.560 bits per heavy atom. The minimum Gasteiger partial charge on any atom is -0.481 e. The van der Waals surface area contributed by atoms with Crippen molar-refractivity contribution in [1.82, 2.24) is 0 Å². The Balaban J connectivity index is 3.24. The molecule has 0 spiro atoms. The molecular formula is C21H40O4. The summed E-state index contributed by atoms with van der Waals surface area (Å²) in [6.07, 6.45) is 17.6. The lowest BCUT2D eigenvalue weighted by molar-refractivity contribution is -0.154. The maximum Gasteiger partial charge on any atom is 0.317 e. The molecule has 0 heterocycles. The lowest BCUT2D eigenvalue weighted by Gasteiger charge is -2.07. The standard InChI is InChI=1S/C21H40O4/c1-18(2)16-14-12-10-8-6-4-3-5-7-9-11-13-15-17-19(20(22)23)21(24)25/h18-19H,3-17H2,1-2H3,(H,22,23)(H,24,25). The summed E-state index contributed by atoms with van der Waals surface area (Å²) < 4.78 is 0. The fraction of sp³-hybridized carbons (Fsp3) is 0.905. The van der Waals surface area contributed by atoms with Crippen molar-refractivity contribution in [2.75, 3.05) is 0 Å². The molecule has 0 atom stereocenters. The van der Waals surface area contributed by atoms with Crippen molar-refractivity contribution < 1.29 is 19.8 Å². The second kappa shape index (κ2) is 16.4. The molecule has 0 aliphatic carbocycles. The molecule has 0 aliphatic heterocycles. The van der Waals surface area contributed by atoms with Gasteiger partial charge in [-0.1, -0.05) is 104 Å². The minimum absolute atomic E-state index is 0.252. The smallest absolute Gasteiger partial charge is 0.317 e. The van der Waals surface area contributed by atoms with Gasteiger partial charge in [-0.15, -0.1) is 0 Å². The van der Waals surface area contributed by atoms with Gasteiger partial charge in [0.1, 0.15) is 0 Å². The van der Waals surface area contributed by atoms with Crippen LogP contribution in [0.1, 0.15) is 110 Å². The second-order valence-electron chi connectivity index (χ2n) is 7.80. The third-order valence-electron chi connectivity index (χ3n) is 4.87. The molecule has 4 nitrogen and oxygen atoms in total. The largest absolute Gasteiger partial charge is 0.481 e. The Bertz CT molecular complexity index is 325. The topological polar surface area (TPSA) is 74.6 Å². The summed E-state index contributed by atoms with van der Waals surface area (Å²) in [6, 6.07) is 0. The molecule has 2 N–H and O–H groups in total. The van der Waals surface area contributed by atoms with E-state index in [0.29, 0.717) is 6.42 Å². The monoisotopic (exact) mass is 356 g/mol. The van der Waals surface area contributed by atoms with E-state index < -0.39 is 17.9 Å². The van der Waals surface area contributed by atoms with E-state index in [1.807, 2.05) is 0 Å². The molecule has 4 heteroatoms. The highest BCUT2D eigenvalue weighted by atomic mass is 16.4. The molecular weight excluding hydrogens is 316 g/mol. The van der Waals surface area contributed by atoms with Gasteiger partial charge in [-0.25, -0.2) is 0 Å². The highest BCUT2D eigenvalue weighted by molar-refractivity contribution is 5.92. The number of aliphatic carboxylic acids is 2. The zero-order valence-corrected chi connectivity index (χ0v) is 16.5. The first-order chi connectivity index (χ1) is 11.9. The Labute approximate surface area is 154 Å². The molecule has 0 saturated heterocycles. The molecule has 0 aromatic heterocycles. The number of carboxylic acid groups (broad SMARTS) is 2. The van der Waals surface area contributed by atoms with Gasteiger partial charge in [-0.3, -0.25) is 9.59 Å². The van der Waals surface area contributed by atoms with Crippen molar-refractivity contribution in [2.24, 2.45) is 11.8 Å². The van der Waals surface area contributed by atoms with E-state index >= 15 is 0 Å². The molecule has 0 aliphatic rings. The van der Waals surface area contributed by atoms with E-state index in [2.05, 4.69) is 13.8 Å². The lowest BCUT2D eigenvalue weighted by atomic mass is 10.00. The molecule has 0 rings (SSSR count). The molecule has 0 bridgehead atoms. The van der Waals surface area contributed by atoms with Crippen LogP contribution >= 0.6 is 0 Å². The van der Waals surface area contributed by atoms with Gasteiger partial charge < -0.3 is 10.2 Å². The summed E-state index contributed by atoms with van der Waals surface area (Å²) in [5.41, 5.74) is 0. The van der Waals surface area contributed by atoms with E-state index in [0.717, 1.165) is 18.8 Å². The summed E-state index contributed by atoms with van der Waals surface area (Å²) in [6.45, 7) is 4.59. The van der Waals surface area contributed by atoms with Crippen LogP contribution in [0.4, 0.5) is 0 Å². The summed E-state index contributed by atoms with van der Waals surface area (Å²) in [7, 11) is 0. The van der Waals surface area contributed by atoms with E-state index in [9.17, 15) is 9.59 Å². The van der Waals surface area contributed by atoms with Gasteiger partial charge in [0.25, 0.3) is 0 Å². The van der Waals surface area contributed by atoms with Crippen LogP contribution < -0.4 is 0 Å². The number of rotatable bonds is 18. The molecule has 0 aromatic rings. The van der Waals surface area contributed by atoms with Gasteiger partial charge >= 0.3 is 11.9 Å². The zero-order valence-electron chi connectivity index (χ0n) is 16.5. The quantitative estimate of drug-likeness (QED) is 0.224. The van der Waals surface area contributed by atoms with Crippen molar-refractivity contribution in [3.63, 3.8) is 0 Å². The van der Waals surface area contributed by atoms with E-state index in [1.54, 1.807) is 0 Å². The van der Waals surface area contributed by atoms with Crippen molar-refractivity contribution >= 4 is 11.9 Å². The molecule has 0 fully saturated rings. The fourth-order valence-electron chi connectivity index (χ4n) is 3.20. The van der Waals surface area contributed by atoms with Crippen LogP contribution in [-0.2, 0) is 9.59 Å². The van der Waals surface area contributed by atoms with Gasteiger partial charge in [-0.05, 0) is 12.3 Å². The summed E-state index contributed by atoms with van der Waals surface area (Å²) in [5.74, 6) is -2.82. The predicted molar refractivity (Wildman–Crippen MR) is 103 cm³/mol. The van der Waals surface area contributed by atoms with Gasteiger partial charge in [-0.2, -0.15) is 0 Å². The molecule has 0 saturated carbocycles. The van der Waals surface area contributed by atoms with Crippen LogP contribution in [0.25, 0.3) is 0 Å². The number of carbonyl (C=O) groups is 2. The summed E-state index contributed by atoms with van der Waals surface area (Å²) in [4.78, 5) is 21.5. The second-order valence-corrected chi connectivity index (χ2v) is 7.80. The molecule has 0 aromatic carbocycles. The molecule has 25 heavy (non-hydrogen) atoms. The maximum absolute atomic E-state index is 10.8. The number of unbranched alkanes of at least 4 members (excludes halogenated alkanes) is 12. The average Bonchev–Trinajstić information content (AvgIpc) is 2.53. The molecule has 148 valence electrons. The van der Waals surface area contributed by atoms with Gasteiger partial charge in [0.2, 0.25) is 0 Å². The van der Waals surface area contributed by atoms with Crippen molar-refractivity contribution in [1.29, 1.82) is 0 Å². The first-order valence-electron chi connectivity index (χ1n) is 10.4. The first-order valence-corrected chi connectivity index (χ1v) is 10.4. The third kappa shape index (κ3) is 16.2. The van der Waals surface area contributed by atoms with E-state index in [4.69, 9.17) is 10.2 Å². The SMILES string of the molecule is CC(C)CCCCCCCCCCCCCCCC(C(=O)O)C(=O)O. The van der Waals surface area contributed by atoms with Crippen LogP contribution in [0.3, 0.4) is 0 Å². The van der Waals surface area contributed by atoms with E-state index in [-0.39, 0.29) is 6.42 Å². The Hall–Kier alpha value is -1.06. The Morgan fingerprint density at radius 3 is 1.12 bits per heavy atom.